The Bertz CT molecular complexity index is 1220. The Kier molecular flexibility index (Phi) is 5.09. The summed E-state index contributed by atoms with van der Waals surface area (Å²) in [7, 11) is 0. The Morgan fingerprint density at radius 3 is 2.41 bits per heavy atom. The van der Waals surface area contributed by atoms with Crippen LogP contribution in [0.25, 0.3) is 10.2 Å². The molecule has 7 nitrogen and oxygen atoms in total. The number of aromatic nitrogens is 1. The van der Waals surface area contributed by atoms with Crippen LogP contribution in [0.15, 0.2) is 36.4 Å². The van der Waals surface area contributed by atoms with Crippen molar-refractivity contribution in [1.82, 2.24) is 14.8 Å². The number of ether oxygens (including phenoxy) is 1. The summed E-state index contributed by atoms with van der Waals surface area (Å²) in [6, 6.07) is 8.50. The molecule has 1 fully saturated rings. The molecule has 0 saturated carbocycles. The van der Waals surface area contributed by atoms with Crippen LogP contribution < -0.4 is 4.74 Å². The Morgan fingerprint density at radius 1 is 1.09 bits per heavy atom. The largest absolute Gasteiger partial charge is 0.467 e. The Labute approximate surface area is 185 Å². The van der Waals surface area contributed by atoms with Crippen molar-refractivity contribution in [2.75, 3.05) is 19.6 Å². The second-order valence-electron chi connectivity index (χ2n) is 7.65. The molecule has 10 heteroatoms. The summed E-state index contributed by atoms with van der Waals surface area (Å²) in [6.07, 6.45) is 0.799. The topological polar surface area (TPSA) is 79.8 Å². The molecule has 0 aliphatic carbocycles. The van der Waals surface area contributed by atoms with Gasteiger partial charge in [0.2, 0.25) is 5.91 Å². The predicted octanol–water partition coefficient (Wildman–Crippen LogP) is 3.24. The predicted molar refractivity (Wildman–Crippen MR) is 112 cm³/mol. The number of nitrogens with zero attached hydrogens (tertiary/aromatic N) is 3. The van der Waals surface area contributed by atoms with Crippen molar-refractivity contribution in [3.05, 3.63) is 59.2 Å². The van der Waals surface area contributed by atoms with Crippen LogP contribution in [0.4, 0.5) is 8.78 Å². The zero-order valence-corrected chi connectivity index (χ0v) is 17.5. The molecule has 2 aliphatic heterocycles. The maximum absolute atomic E-state index is 13.8. The molecule has 0 N–H and O–H groups in total. The minimum Gasteiger partial charge on any atom is -0.467 e. The van der Waals surface area contributed by atoms with Gasteiger partial charge in [-0.1, -0.05) is 23.5 Å². The van der Waals surface area contributed by atoms with E-state index in [0.29, 0.717) is 41.8 Å². The fourth-order valence-corrected chi connectivity index (χ4v) is 4.89. The number of thiazole rings is 1. The molecular weight excluding hydrogens is 440 g/mol. The van der Waals surface area contributed by atoms with E-state index in [9.17, 15) is 23.2 Å². The van der Waals surface area contributed by atoms with E-state index >= 15 is 0 Å². The van der Waals surface area contributed by atoms with Crippen molar-refractivity contribution < 1.29 is 27.9 Å². The van der Waals surface area contributed by atoms with Crippen LogP contribution in [0.3, 0.4) is 0 Å². The summed E-state index contributed by atoms with van der Waals surface area (Å²) >= 11 is 1.07. The number of carbonyl (C=O) groups excluding carboxylic acids is 3. The quantitative estimate of drug-likeness (QED) is 0.562. The van der Waals surface area contributed by atoms with Gasteiger partial charge in [-0.15, -0.1) is 0 Å². The SMILES string of the molecule is O=C(CN1C(=O)c2ccccc2C1=O)N1CCC(Oc2nc3c(F)cc(F)cc3s2)CC1. The number of fused-ring (bicyclic) bond motifs is 2. The normalized spacial score (nSPS) is 16.7. The molecule has 2 aromatic carbocycles. The highest BCUT2D eigenvalue weighted by molar-refractivity contribution is 7.20. The monoisotopic (exact) mass is 457 g/mol. The molecule has 0 atom stereocenters. The number of amides is 3. The van der Waals surface area contributed by atoms with Gasteiger partial charge in [0.05, 0.1) is 15.8 Å². The molecule has 1 saturated heterocycles. The summed E-state index contributed by atoms with van der Waals surface area (Å²) in [5, 5.41) is 0.250. The highest BCUT2D eigenvalue weighted by Gasteiger charge is 2.37. The number of imide groups is 1. The molecule has 0 unspecified atom stereocenters. The average Bonchev–Trinajstić information content (AvgIpc) is 3.29. The molecule has 5 rings (SSSR count). The first-order chi connectivity index (χ1) is 15.4. The highest BCUT2D eigenvalue weighted by atomic mass is 32.1. The van der Waals surface area contributed by atoms with E-state index in [-0.39, 0.29) is 29.3 Å². The second-order valence-corrected chi connectivity index (χ2v) is 8.65. The molecule has 2 aliphatic rings. The standard InChI is InChI=1S/C22H17F2N3O4S/c23-12-9-16(24)19-17(10-12)32-22(25-19)31-13-5-7-26(8-6-13)18(28)11-27-20(29)14-3-1-2-4-15(14)21(27)30/h1-4,9-10,13H,5-8,11H2. The van der Waals surface area contributed by atoms with E-state index in [4.69, 9.17) is 4.74 Å². The van der Waals surface area contributed by atoms with Crippen LogP contribution >= 0.6 is 11.3 Å². The molecule has 164 valence electrons. The van der Waals surface area contributed by atoms with E-state index < -0.39 is 23.4 Å². The molecule has 1 aromatic heterocycles. The van der Waals surface area contributed by atoms with Crippen LogP contribution in [0.1, 0.15) is 33.6 Å². The first kappa shape index (κ1) is 20.5. The van der Waals surface area contributed by atoms with Crippen molar-refractivity contribution in [1.29, 1.82) is 0 Å². The fraction of sp³-hybridized carbons (Fsp3) is 0.273. The van der Waals surface area contributed by atoms with Crippen LogP contribution in [0.5, 0.6) is 5.19 Å². The summed E-state index contributed by atoms with van der Waals surface area (Å²) in [4.78, 5) is 44.3. The highest BCUT2D eigenvalue weighted by Crippen LogP contribution is 2.32. The van der Waals surface area contributed by atoms with Gasteiger partial charge in [-0.2, -0.15) is 4.98 Å². The van der Waals surface area contributed by atoms with Crippen LogP contribution in [-0.2, 0) is 4.79 Å². The number of hydrogen-bond acceptors (Lipinski definition) is 6. The molecule has 0 radical (unpaired) electrons. The number of carbonyl (C=O) groups is 3. The smallest absolute Gasteiger partial charge is 0.274 e. The molecule has 32 heavy (non-hydrogen) atoms. The Morgan fingerprint density at radius 2 is 1.75 bits per heavy atom. The van der Waals surface area contributed by atoms with Gasteiger partial charge in [-0.25, -0.2) is 8.78 Å². The summed E-state index contributed by atoms with van der Waals surface area (Å²) in [6.45, 7) is 0.474. The van der Waals surface area contributed by atoms with Crippen molar-refractivity contribution in [2.45, 2.75) is 18.9 Å². The molecule has 3 amide bonds. The summed E-state index contributed by atoms with van der Waals surface area (Å²) in [5.41, 5.74) is 0.689. The van der Waals surface area contributed by atoms with Gasteiger partial charge in [0.15, 0.2) is 5.82 Å². The molecule has 0 spiro atoms. The van der Waals surface area contributed by atoms with Gasteiger partial charge in [-0.3, -0.25) is 19.3 Å². The van der Waals surface area contributed by atoms with Gasteiger partial charge in [0, 0.05) is 32.0 Å². The maximum Gasteiger partial charge on any atom is 0.274 e. The number of rotatable bonds is 4. The minimum absolute atomic E-state index is 0.0694. The van der Waals surface area contributed by atoms with Crippen molar-refractivity contribution in [3.63, 3.8) is 0 Å². The second kappa shape index (κ2) is 7.94. The number of hydrogen-bond donors (Lipinski definition) is 0. The van der Waals surface area contributed by atoms with Crippen molar-refractivity contribution in [3.8, 4) is 5.19 Å². The number of piperidine rings is 1. The maximum atomic E-state index is 13.8. The van der Waals surface area contributed by atoms with Gasteiger partial charge in [0.1, 0.15) is 24.0 Å². The Hall–Kier alpha value is -3.40. The van der Waals surface area contributed by atoms with Gasteiger partial charge in [0.25, 0.3) is 17.0 Å². The lowest BCUT2D eigenvalue weighted by Crippen LogP contribution is -2.47. The van der Waals surface area contributed by atoms with Gasteiger partial charge >= 0.3 is 0 Å². The third kappa shape index (κ3) is 3.60. The van der Waals surface area contributed by atoms with E-state index in [1.807, 2.05) is 0 Å². The third-order valence-electron chi connectivity index (χ3n) is 5.63. The van der Waals surface area contributed by atoms with Crippen molar-refractivity contribution in [2.24, 2.45) is 0 Å². The third-order valence-corrected chi connectivity index (χ3v) is 6.52. The van der Waals surface area contributed by atoms with E-state index in [2.05, 4.69) is 4.98 Å². The number of halogens is 2. The molecule has 3 heterocycles. The first-order valence-electron chi connectivity index (χ1n) is 10.1. The van der Waals surface area contributed by atoms with Gasteiger partial charge in [-0.05, 0) is 18.2 Å². The van der Waals surface area contributed by atoms with Gasteiger partial charge < -0.3 is 9.64 Å². The first-order valence-corrected chi connectivity index (χ1v) is 10.9. The molecule has 0 bridgehead atoms. The minimum atomic E-state index is -0.736. The Balaban J connectivity index is 1.18. The average molecular weight is 457 g/mol. The lowest BCUT2D eigenvalue weighted by atomic mass is 10.1. The summed E-state index contributed by atoms with van der Waals surface area (Å²) in [5.74, 6) is -2.64. The summed E-state index contributed by atoms with van der Waals surface area (Å²) < 4.78 is 33.4. The van der Waals surface area contributed by atoms with E-state index in [0.717, 1.165) is 22.3 Å². The lowest BCUT2D eigenvalue weighted by molar-refractivity contribution is -0.133. The van der Waals surface area contributed by atoms with Crippen LogP contribution in [-0.4, -0.2) is 58.2 Å². The zero-order valence-electron chi connectivity index (χ0n) is 16.7. The molecular formula is C22H17F2N3O4S. The fourth-order valence-electron chi connectivity index (χ4n) is 3.97. The lowest BCUT2D eigenvalue weighted by Gasteiger charge is -2.32. The zero-order chi connectivity index (χ0) is 22.4. The number of likely N-dealkylation sites (tertiary alicyclic amines) is 1. The van der Waals surface area contributed by atoms with Crippen molar-refractivity contribution >= 4 is 39.3 Å². The molecule has 3 aromatic rings. The van der Waals surface area contributed by atoms with Crippen LogP contribution in [0.2, 0.25) is 0 Å². The number of benzene rings is 2. The van der Waals surface area contributed by atoms with E-state index in [1.54, 1.807) is 29.2 Å². The van der Waals surface area contributed by atoms with Crippen LogP contribution in [0, 0.1) is 11.6 Å². The van der Waals surface area contributed by atoms with E-state index in [1.165, 1.54) is 6.07 Å².